The van der Waals surface area contributed by atoms with Crippen molar-refractivity contribution < 1.29 is 14.6 Å². The summed E-state index contributed by atoms with van der Waals surface area (Å²) in [6.07, 6.45) is 2.38. The molecule has 1 aliphatic rings. The van der Waals surface area contributed by atoms with E-state index in [1.165, 1.54) is 0 Å². The van der Waals surface area contributed by atoms with Crippen molar-refractivity contribution in [2.75, 3.05) is 26.3 Å². The number of nitriles is 1. The van der Waals surface area contributed by atoms with Crippen LogP contribution in [0.15, 0.2) is 0 Å². The normalized spacial score (nSPS) is 23.8. The summed E-state index contributed by atoms with van der Waals surface area (Å²) in [5, 5.41) is 17.5. The van der Waals surface area contributed by atoms with Crippen molar-refractivity contribution in [3.63, 3.8) is 0 Å². The summed E-state index contributed by atoms with van der Waals surface area (Å²) >= 11 is 0. The minimum atomic E-state index is -0.775. The first-order valence-corrected chi connectivity index (χ1v) is 6.12. The molecule has 0 spiro atoms. The molecule has 0 amide bonds. The predicted octanol–water partition coefficient (Wildman–Crippen LogP) is 1.10. The molecule has 17 heavy (non-hydrogen) atoms. The average molecular weight is 240 g/mol. The Balaban J connectivity index is 2.43. The molecule has 1 heterocycles. The predicted molar refractivity (Wildman–Crippen MR) is 62.4 cm³/mol. The van der Waals surface area contributed by atoms with E-state index in [0.717, 1.165) is 25.9 Å². The first kappa shape index (κ1) is 13.9. The third-order valence-electron chi connectivity index (χ3n) is 3.23. The topological polar surface area (TPSA) is 73.6 Å². The van der Waals surface area contributed by atoms with Crippen molar-refractivity contribution in [1.82, 2.24) is 4.90 Å². The van der Waals surface area contributed by atoms with Crippen LogP contribution < -0.4 is 0 Å². The third-order valence-corrected chi connectivity index (χ3v) is 3.23. The lowest BCUT2D eigenvalue weighted by molar-refractivity contribution is -0.143. The van der Waals surface area contributed by atoms with E-state index >= 15 is 0 Å². The second kappa shape index (κ2) is 7.25. The molecule has 0 aromatic rings. The molecular weight excluding hydrogens is 220 g/mol. The molecule has 1 fully saturated rings. The van der Waals surface area contributed by atoms with Gasteiger partial charge in [-0.2, -0.15) is 5.26 Å². The fourth-order valence-electron chi connectivity index (χ4n) is 2.22. The molecule has 5 nitrogen and oxygen atoms in total. The minimum Gasteiger partial charge on any atom is -0.481 e. The second-order valence-corrected chi connectivity index (χ2v) is 4.29. The van der Waals surface area contributed by atoms with Crippen LogP contribution in [0.4, 0.5) is 0 Å². The van der Waals surface area contributed by atoms with E-state index in [1.54, 1.807) is 0 Å². The highest BCUT2D eigenvalue weighted by Crippen LogP contribution is 2.20. The standard InChI is InChI=1S/C12H20N2O3/c1-2-14(7-5-3-4-6-13)11-9-17-8-10(11)12(15)16/h10-11H,2-5,7-9H2,1H3,(H,15,16). The first-order valence-electron chi connectivity index (χ1n) is 6.12. The van der Waals surface area contributed by atoms with Crippen LogP contribution in [-0.2, 0) is 9.53 Å². The fraction of sp³-hybridized carbons (Fsp3) is 0.833. The summed E-state index contributed by atoms with van der Waals surface area (Å²) < 4.78 is 5.27. The summed E-state index contributed by atoms with van der Waals surface area (Å²) in [5.41, 5.74) is 0. The van der Waals surface area contributed by atoms with E-state index < -0.39 is 11.9 Å². The Bertz CT molecular complexity index is 288. The maximum absolute atomic E-state index is 11.1. The fourth-order valence-corrected chi connectivity index (χ4v) is 2.22. The largest absolute Gasteiger partial charge is 0.481 e. The van der Waals surface area contributed by atoms with Gasteiger partial charge in [0.05, 0.1) is 25.2 Å². The van der Waals surface area contributed by atoms with E-state index in [-0.39, 0.29) is 6.04 Å². The smallest absolute Gasteiger partial charge is 0.310 e. The van der Waals surface area contributed by atoms with Crippen molar-refractivity contribution in [3.05, 3.63) is 0 Å². The molecule has 5 heteroatoms. The lowest BCUT2D eigenvalue weighted by atomic mass is 10.0. The molecule has 0 bridgehead atoms. The number of likely N-dealkylation sites (N-methyl/N-ethyl adjacent to an activating group) is 1. The molecule has 0 saturated carbocycles. The number of unbranched alkanes of at least 4 members (excludes halogenated alkanes) is 2. The summed E-state index contributed by atoms with van der Waals surface area (Å²) in [6.45, 7) is 4.51. The van der Waals surface area contributed by atoms with Gasteiger partial charge in [0.2, 0.25) is 0 Å². The van der Waals surface area contributed by atoms with Crippen LogP contribution in [0.2, 0.25) is 0 Å². The van der Waals surface area contributed by atoms with Gasteiger partial charge in [-0.15, -0.1) is 0 Å². The van der Waals surface area contributed by atoms with Crippen LogP contribution in [-0.4, -0.2) is 48.3 Å². The van der Waals surface area contributed by atoms with E-state index in [9.17, 15) is 4.79 Å². The number of hydrogen-bond donors (Lipinski definition) is 1. The maximum Gasteiger partial charge on any atom is 0.310 e. The molecule has 1 aliphatic heterocycles. The van der Waals surface area contributed by atoms with Gasteiger partial charge in [-0.1, -0.05) is 6.92 Å². The van der Waals surface area contributed by atoms with Crippen LogP contribution >= 0.6 is 0 Å². The monoisotopic (exact) mass is 240 g/mol. The van der Waals surface area contributed by atoms with Crippen LogP contribution in [0.1, 0.15) is 26.2 Å². The van der Waals surface area contributed by atoms with E-state index in [0.29, 0.717) is 19.6 Å². The van der Waals surface area contributed by atoms with Crippen molar-refractivity contribution in [1.29, 1.82) is 5.26 Å². The molecule has 0 aromatic carbocycles. The Morgan fingerprint density at radius 1 is 1.53 bits per heavy atom. The number of carboxylic acids is 1. The summed E-state index contributed by atoms with van der Waals surface area (Å²) in [5.74, 6) is -1.19. The molecule has 96 valence electrons. The zero-order valence-electron chi connectivity index (χ0n) is 10.3. The lowest BCUT2D eigenvalue weighted by Gasteiger charge is -2.28. The number of aliphatic carboxylic acids is 1. The minimum absolute atomic E-state index is 0.0143. The maximum atomic E-state index is 11.1. The van der Waals surface area contributed by atoms with Gasteiger partial charge in [-0.3, -0.25) is 9.69 Å². The Labute approximate surface area is 102 Å². The van der Waals surface area contributed by atoms with Gasteiger partial charge < -0.3 is 9.84 Å². The number of hydrogen-bond acceptors (Lipinski definition) is 4. The average Bonchev–Trinajstić information content (AvgIpc) is 2.78. The number of carboxylic acid groups (broad SMARTS) is 1. The molecule has 1 rings (SSSR count). The van der Waals surface area contributed by atoms with Crippen LogP contribution in [0.5, 0.6) is 0 Å². The van der Waals surface area contributed by atoms with Crippen LogP contribution in [0.3, 0.4) is 0 Å². The van der Waals surface area contributed by atoms with Crippen molar-refractivity contribution >= 4 is 5.97 Å². The van der Waals surface area contributed by atoms with Crippen molar-refractivity contribution in [2.45, 2.75) is 32.2 Å². The zero-order chi connectivity index (χ0) is 12.7. The number of rotatable bonds is 7. The highest BCUT2D eigenvalue weighted by atomic mass is 16.5. The van der Waals surface area contributed by atoms with Crippen molar-refractivity contribution in [2.24, 2.45) is 5.92 Å². The summed E-state index contributed by atoms with van der Waals surface area (Å²) in [7, 11) is 0. The van der Waals surface area contributed by atoms with Gasteiger partial charge in [0, 0.05) is 12.5 Å². The molecule has 2 atom stereocenters. The Kier molecular flexibility index (Phi) is 5.95. The van der Waals surface area contributed by atoms with E-state index in [2.05, 4.69) is 11.0 Å². The molecule has 0 aliphatic carbocycles. The molecule has 1 N–H and O–H groups in total. The molecule has 0 aromatic heterocycles. The highest BCUT2D eigenvalue weighted by Gasteiger charge is 2.37. The van der Waals surface area contributed by atoms with E-state index in [4.69, 9.17) is 15.1 Å². The Morgan fingerprint density at radius 3 is 2.88 bits per heavy atom. The Hall–Kier alpha value is -1.12. The summed E-state index contributed by atoms with van der Waals surface area (Å²) in [6, 6.07) is 2.10. The molecule has 2 unspecified atom stereocenters. The van der Waals surface area contributed by atoms with Gasteiger partial charge in [-0.05, 0) is 25.9 Å². The SMILES string of the molecule is CCN(CCCCC#N)C1COCC1C(=O)O. The van der Waals surface area contributed by atoms with Gasteiger partial charge in [-0.25, -0.2) is 0 Å². The van der Waals surface area contributed by atoms with Gasteiger partial charge >= 0.3 is 5.97 Å². The lowest BCUT2D eigenvalue weighted by Crippen LogP contribution is -2.43. The van der Waals surface area contributed by atoms with Crippen LogP contribution in [0.25, 0.3) is 0 Å². The zero-order valence-corrected chi connectivity index (χ0v) is 10.3. The van der Waals surface area contributed by atoms with E-state index in [1.807, 2.05) is 6.92 Å². The Morgan fingerprint density at radius 2 is 2.29 bits per heavy atom. The van der Waals surface area contributed by atoms with Crippen molar-refractivity contribution in [3.8, 4) is 6.07 Å². The number of nitrogens with zero attached hydrogens (tertiary/aromatic N) is 2. The van der Waals surface area contributed by atoms with Gasteiger partial charge in [0.25, 0.3) is 0 Å². The van der Waals surface area contributed by atoms with Gasteiger partial charge in [0.1, 0.15) is 0 Å². The quantitative estimate of drug-likeness (QED) is 0.675. The third kappa shape index (κ3) is 3.99. The van der Waals surface area contributed by atoms with Gasteiger partial charge in [0.15, 0.2) is 0 Å². The molecule has 1 saturated heterocycles. The first-order chi connectivity index (χ1) is 8.20. The summed E-state index contributed by atoms with van der Waals surface area (Å²) in [4.78, 5) is 13.2. The molecule has 0 radical (unpaired) electrons. The number of carbonyl (C=O) groups is 1. The molecular formula is C12H20N2O3. The number of ether oxygens (including phenoxy) is 1. The highest BCUT2D eigenvalue weighted by molar-refractivity contribution is 5.71. The van der Waals surface area contributed by atoms with Crippen LogP contribution in [0, 0.1) is 17.2 Å². The second-order valence-electron chi connectivity index (χ2n) is 4.29.